The predicted molar refractivity (Wildman–Crippen MR) is 30.6 cm³/mol. The van der Waals surface area contributed by atoms with Crippen LogP contribution in [0, 0.1) is 0 Å². The summed E-state index contributed by atoms with van der Waals surface area (Å²) in [5.74, 6) is 0. The second kappa shape index (κ2) is 6.23. The fourth-order valence-corrected chi connectivity index (χ4v) is 0. The van der Waals surface area contributed by atoms with Gasteiger partial charge in [0.15, 0.2) is 0 Å². The zero-order valence-corrected chi connectivity index (χ0v) is 8.82. The number of hydrogen-bond donors (Lipinski definition) is 0. The van der Waals surface area contributed by atoms with Crippen LogP contribution in [0.15, 0.2) is 0 Å². The first kappa shape index (κ1) is 16.1. The van der Waals surface area contributed by atoms with Crippen LogP contribution >= 0.6 is 15.9 Å². The van der Waals surface area contributed by atoms with Crippen LogP contribution in [0.1, 0.15) is 13.8 Å². The van der Waals surface area contributed by atoms with Crippen LogP contribution in [0.3, 0.4) is 0 Å². The summed E-state index contributed by atoms with van der Waals surface area (Å²) in [7, 11) is 0. The molecule has 0 saturated carbocycles. The van der Waals surface area contributed by atoms with Crippen molar-refractivity contribution in [3.8, 4) is 0 Å². The van der Waals surface area contributed by atoms with Gasteiger partial charge in [0.1, 0.15) is 0 Å². The molecule has 0 bridgehead atoms. The Kier molecular flexibility index (Phi) is 12.5. The molecule has 2 nitrogen and oxygen atoms in total. The maximum Gasteiger partial charge on any atom is 1.00 e. The molecule has 0 aliphatic carbocycles. The monoisotopic (exact) mass is 189 g/mol. The maximum absolute atomic E-state index is 9.65. The smallest absolute Gasteiger partial charge is 0.870 e. The summed E-state index contributed by atoms with van der Waals surface area (Å²) in [6, 6.07) is 0. The van der Waals surface area contributed by atoms with E-state index < -0.39 is 4.32 Å². The second-order valence-electron chi connectivity index (χ2n) is 1.57. The van der Waals surface area contributed by atoms with Crippen LogP contribution in [0.5, 0.6) is 0 Å². The molecule has 0 aromatic carbocycles. The topological polar surface area (TPSA) is 47.1 Å². The van der Waals surface area contributed by atoms with Crippen molar-refractivity contribution in [3.63, 3.8) is 0 Å². The van der Waals surface area contributed by atoms with E-state index in [0.29, 0.717) is 0 Å². The average Bonchev–Trinajstić information content (AvgIpc) is 1.35. The zero-order chi connectivity index (χ0) is 5.21. The number of halogens is 1. The van der Waals surface area contributed by atoms with Crippen LogP contribution in [0.25, 0.3) is 0 Å². The Hall–Kier alpha value is 1.11. The number of hydrogen-bond acceptors (Lipinski definition) is 2. The van der Waals surface area contributed by atoms with E-state index >= 15 is 0 Å². The van der Waals surface area contributed by atoms with Gasteiger partial charge in [0, 0.05) is 0 Å². The molecule has 0 atom stereocenters. The molecule has 0 fully saturated rings. The summed E-state index contributed by atoms with van der Waals surface area (Å²) in [4.78, 5) is 9.65. The molecule has 0 heterocycles. The first-order valence-corrected chi connectivity index (χ1v) is 2.44. The third-order valence-corrected chi connectivity index (χ3v) is 0.405. The van der Waals surface area contributed by atoms with Gasteiger partial charge in [-0.05, 0) is 0 Å². The molecule has 4 heteroatoms. The van der Waals surface area contributed by atoms with Gasteiger partial charge in [-0.25, -0.2) is 6.29 Å². The maximum atomic E-state index is 9.65. The van der Waals surface area contributed by atoms with Crippen molar-refractivity contribution in [1.82, 2.24) is 0 Å². The standard InChI is InChI=1S/C4H6BrO.Na.H2O/c1-4(2,5)3-6;;/h1-2H3;;1H2/q-1;+1;/p-1. The molecule has 0 rings (SSSR count). The molecule has 0 aliphatic rings. The summed E-state index contributed by atoms with van der Waals surface area (Å²) in [5, 5.41) is 0. The first-order chi connectivity index (χ1) is 2.56. The normalized spacial score (nSPS) is 8.38. The van der Waals surface area contributed by atoms with Crippen molar-refractivity contribution < 1.29 is 39.8 Å². The van der Waals surface area contributed by atoms with E-state index in [2.05, 4.69) is 15.9 Å². The van der Waals surface area contributed by atoms with E-state index in [9.17, 15) is 4.79 Å². The van der Waals surface area contributed by atoms with Gasteiger partial charge in [-0.1, -0.05) is 18.2 Å². The molecule has 0 unspecified atom stereocenters. The molecule has 0 amide bonds. The molecule has 0 aliphatic heterocycles. The summed E-state index contributed by atoms with van der Waals surface area (Å²) in [6.07, 6.45) is 1.77. The van der Waals surface area contributed by atoms with Crippen molar-refractivity contribution in [2.45, 2.75) is 18.2 Å². The molecule has 0 spiro atoms. The molecule has 0 saturated heterocycles. The van der Waals surface area contributed by atoms with E-state index in [1.54, 1.807) is 20.1 Å². The minimum Gasteiger partial charge on any atom is -0.870 e. The Balaban J connectivity index is -0.000000125. The minimum absolute atomic E-state index is 0. The quantitative estimate of drug-likeness (QED) is 0.275. The molecule has 0 radical (unpaired) electrons. The van der Waals surface area contributed by atoms with E-state index in [4.69, 9.17) is 0 Å². The van der Waals surface area contributed by atoms with Gasteiger partial charge in [-0.15, -0.1) is 15.9 Å². The number of carbonyl (C=O) groups excluding carboxylic acids is 1. The molecular formula is C4H7BrNaO2-. The van der Waals surface area contributed by atoms with Crippen LogP contribution < -0.4 is 29.6 Å². The summed E-state index contributed by atoms with van der Waals surface area (Å²) in [6.45, 7) is 3.47. The fraction of sp³-hybridized carbons (Fsp3) is 0.750. The van der Waals surface area contributed by atoms with Crippen molar-refractivity contribution >= 4 is 22.2 Å². The minimum atomic E-state index is -0.451. The Morgan fingerprint density at radius 3 is 1.62 bits per heavy atom. The van der Waals surface area contributed by atoms with Gasteiger partial charge in [-0.2, -0.15) is 0 Å². The molecule has 0 aromatic rings. The largest absolute Gasteiger partial charge is 1.00 e. The Bertz CT molecular complexity index is 59.5. The van der Waals surface area contributed by atoms with Gasteiger partial charge in [-0.3, -0.25) is 0 Å². The second-order valence-corrected chi connectivity index (χ2v) is 3.56. The van der Waals surface area contributed by atoms with Crippen LogP contribution in [-0.4, -0.2) is 16.1 Å². The first-order valence-electron chi connectivity index (χ1n) is 1.64. The van der Waals surface area contributed by atoms with Crippen LogP contribution in [-0.2, 0) is 4.79 Å². The van der Waals surface area contributed by atoms with E-state index in [-0.39, 0.29) is 35.0 Å². The van der Waals surface area contributed by atoms with Crippen LogP contribution in [0.2, 0.25) is 0 Å². The average molecular weight is 190 g/mol. The summed E-state index contributed by atoms with van der Waals surface area (Å²) >= 11 is 3.05. The Labute approximate surface area is 79.8 Å². The van der Waals surface area contributed by atoms with E-state index in [1.807, 2.05) is 0 Å². The van der Waals surface area contributed by atoms with E-state index in [1.165, 1.54) is 0 Å². The van der Waals surface area contributed by atoms with Crippen molar-refractivity contribution in [2.24, 2.45) is 0 Å². The molecule has 1 N–H and O–H groups in total. The fourth-order valence-electron chi connectivity index (χ4n) is 0. The molecule has 8 heavy (non-hydrogen) atoms. The van der Waals surface area contributed by atoms with E-state index in [0.717, 1.165) is 0 Å². The van der Waals surface area contributed by atoms with Gasteiger partial charge >= 0.3 is 29.6 Å². The molecule has 44 valence electrons. The van der Waals surface area contributed by atoms with Gasteiger partial charge in [0.2, 0.25) is 0 Å². The van der Waals surface area contributed by atoms with Crippen molar-refractivity contribution in [2.75, 3.05) is 0 Å². The molecule has 0 aromatic heterocycles. The van der Waals surface area contributed by atoms with Gasteiger partial charge < -0.3 is 10.3 Å². The molecular weight excluding hydrogens is 183 g/mol. The van der Waals surface area contributed by atoms with Crippen molar-refractivity contribution in [1.29, 1.82) is 0 Å². The zero-order valence-electron chi connectivity index (χ0n) is 5.23. The predicted octanol–water partition coefficient (Wildman–Crippen LogP) is -1.90. The Morgan fingerprint density at radius 1 is 1.50 bits per heavy atom. The Morgan fingerprint density at radius 2 is 1.62 bits per heavy atom. The third-order valence-electron chi connectivity index (χ3n) is 0.243. The number of alkyl halides is 1. The number of rotatable bonds is 1. The van der Waals surface area contributed by atoms with Gasteiger partial charge in [0.25, 0.3) is 0 Å². The van der Waals surface area contributed by atoms with Crippen molar-refractivity contribution in [3.05, 3.63) is 0 Å². The summed E-state index contributed by atoms with van der Waals surface area (Å²) < 4.78 is -0.451. The SMILES string of the molecule is CC(C)(Br)[C-]=O.[Na+].[OH-]. The van der Waals surface area contributed by atoms with Crippen LogP contribution in [0.4, 0.5) is 0 Å². The summed E-state index contributed by atoms with van der Waals surface area (Å²) in [5.41, 5.74) is 0. The van der Waals surface area contributed by atoms with Gasteiger partial charge in [0.05, 0.1) is 0 Å². The third kappa shape index (κ3) is 15.7.